The second-order valence-electron chi connectivity index (χ2n) is 2.49. The largest absolute Gasteiger partial charge is 0.693 e. The molecule has 0 aliphatic heterocycles. The first-order valence-corrected chi connectivity index (χ1v) is 3.85. The molecule has 0 amide bonds. The van der Waals surface area contributed by atoms with Crippen molar-refractivity contribution in [2.45, 2.75) is 0 Å². The average Bonchev–Trinajstić information content (AvgIpc) is 2.21. The fraction of sp³-hybridized carbons (Fsp3) is 0. The molecule has 15 heavy (non-hydrogen) atoms. The van der Waals surface area contributed by atoms with E-state index in [1.807, 2.05) is 42.5 Å². The van der Waals surface area contributed by atoms with E-state index < -0.39 is 0 Å². The molecule has 0 fully saturated rings. The molecule has 1 heterocycles. The van der Waals surface area contributed by atoms with Gasteiger partial charge in [0.15, 0.2) is 0 Å². The first-order chi connectivity index (χ1) is 5.97. The Bertz CT molecular complexity index is 313. The number of nitrogens with zero attached hydrogens (tertiary/aromatic N) is 1. The van der Waals surface area contributed by atoms with Crippen LogP contribution in [0.3, 0.4) is 0 Å². The van der Waals surface area contributed by atoms with Crippen LogP contribution in [0.4, 0.5) is 0 Å². The SMILES string of the molecule is [NH2-].[NH2-].[Pd].[c-]1ccccc1-c1ccccn1. The minimum Gasteiger partial charge on any atom is -0.693 e. The Morgan fingerprint density at radius 1 is 0.933 bits per heavy atom. The van der Waals surface area contributed by atoms with Crippen molar-refractivity contribution in [1.82, 2.24) is 4.98 Å². The van der Waals surface area contributed by atoms with Crippen LogP contribution < -0.4 is 0 Å². The third-order valence-corrected chi connectivity index (χ3v) is 1.65. The molecule has 0 spiro atoms. The number of hydrogen-bond donors (Lipinski definition) is 0. The first kappa shape index (κ1) is 16.4. The number of nitrogens with two attached hydrogens (primary N) is 2. The van der Waals surface area contributed by atoms with Gasteiger partial charge in [0, 0.05) is 26.6 Å². The summed E-state index contributed by atoms with van der Waals surface area (Å²) >= 11 is 0. The number of hydrogen-bond acceptors (Lipinski definition) is 1. The van der Waals surface area contributed by atoms with Crippen LogP contribution in [0.2, 0.25) is 0 Å². The summed E-state index contributed by atoms with van der Waals surface area (Å²) < 4.78 is 0. The Kier molecular flexibility index (Phi) is 9.04. The van der Waals surface area contributed by atoms with Crippen LogP contribution in [0.15, 0.2) is 48.7 Å². The van der Waals surface area contributed by atoms with Crippen LogP contribution in [0.25, 0.3) is 23.6 Å². The smallest absolute Gasteiger partial charge is 0.0160 e. The summed E-state index contributed by atoms with van der Waals surface area (Å²) in [5.74, 6) is 0. The molecule has 0 saturated heterocycles. The Balaban J connectivity index is 0. The molecule has 0 bridgehead atoms. The Labute approximate surface area is 104 Å². The number of rotatable bonds is 1. The third kappa shape index (κ3) is 4.33. The van der Waals surface area contributed by atoms with Gasteiger partial charge >= 0.3 is 0 Å². The van der Waals surface area contributed by atoms with E-state index in [0.29, 0.717) is 0 Å². The maximum absolute atomic E-state index is 4.22. The van der Waals surface area contributed by atoms with E-state index in [1.54, 1.807) is 6.20 Å². The number of benzene rings is 1. The van der Waals surface area contributed by atoms with E-state index in [1.165, 1.54) is 0 Å². The summed E-state index contributed by atoms with van der Waals surface area (Å²) in [4.78, 5) is 4.22. The van der Waals surface area contributed by atoms with Crippen LogP contribution in [-0.4, -0.2) is 4.98 Å². The van der Waals surface area contributed by atoms with Crippen molar-refractivity contribution in [1.29, 1.82) is 0 Å². The standard InChI is InChI=1S/C11H8N.2H2N.Pd/c1-2-6-10(7-3-1)11-8-4-5-9-12-11;;;/h1-6,8-9H;2*1H2;/q3*-1;. The van der Waals surface area contributed by atoms with Gasteiger partial charge in [-0.1, -0.05) is 12.1 Å². The van der Waals surface area contributed by atoms with Gasteiger partial charge in [-0.3, -0.25) is 0 Å². The van der Waals surface area contributed by atoms with Gasteiger partial charge in [0.05, 0.1) is 0 Å². The van der Waals surface area contributed by atoms with E-state index in [2.05, 4.69) is 11.1 Å². The predicted octanol–water partition coefficient (Wildman–Crippen LogP) is 3.98. The van der Waals surface area contributed by atoms with Crippen molar-refractivity contribution in [2.24, 2.45) is 0 Å². The predicted molar refractivity (Wildman–Crippen MR) is 59.1 cm³/mol. The Morgan fingerprint density at radius 2 is 1.67 bits per heavy atom. The Hall–Kier alpha value is -1.05. The molecule has 4 heteroatoms. The zero-order valence-electron chi connectivity index (χ0n) is 8.04. The molecule has 0 unspecified atom stereocenters. The van der Waals surface area contributed by atoms with Gasteiger partial charge in [-0.05, 0) is 11.8 Å². The van der Waals surface area contributed by atoms with Crippen molar-refractivity contribution < 1.29 is 20.4 Å². The summed E-state index contributed by atoms with van der Waals surface area (Å²) in [6.45, 7) is 0. The van der Waals surface area contributed by atoms with E-state index in [0.717, 1.165) is 11.3 Å². The number of pyridine rings is 1. The molecule has 2 rings (SSSR count). The van der Waals surface area contributed by atoms with Gasteiger partial charge in [0.1, 0.15) is 0 Å². The van der Waals surface area contributed by atoms with Crippen molar-refractivity contribution in [3.63, 3.8) is 0 Å². The van der Waals surface area contributed by atoms with Crippen LogP contribution in [-0.2, 0) is 20.4 Å². The van der Waals surface area contributed by atoms with Gasteiger partial charge < -0.3 is 17.3 Å². The summed E-state index contributed by atoms with van der Waals surface area (Å²) in [6, 6.07) is 16.8. The summed E-state index contributed by atoms with van der Waals surface area (Å²) in [7, 11) is 0. The third-order valence-electron chi connectivity index (χ3n) is 1.65. The minimum absolute atomic E-state index is 0. The Morgan fingerprint density at radius 3 is 2.20 bits per heavy atom. The molecular weight excluding hydrogens is 281 g/mol. The molecule has 0 aliphatic rings. The first-order valence-electron chi connectivity index (χ1n) is 3.85. The van der Waals surface area contributed by atoms with Crippen LogP contribution >= 0.6 is 0 Å². The second-order valence-corrected chi connectivity index (χ2v) is 2.49. The minimum atomic E-state index is 0. The van der Waals surface area contributed by atoms with Crippen LogP contribution in [0.5, 0.6) is 0 Å². The molecule has 1 aromatic heterocycles. The summed E-state index contributed by atoms with van der Waals surface area (Å²) in [6.07, 6.45) is 1.79. The van der Waals surface area contributed by atoms with E-state index in [-0.39, 0.29) is 32.7 Å². The quantitative estimate of drug-likeness (QED) is 0.578. The zero-order chi connectivity index (χ0) is 8.23. The molecule has 4 N–H and O–H groups in total. The van der Waals surface area contributed by atoms with Gasteiger partial charge in [-0.15, -0.1) is 35.9 Å². The molecule has 2 aromatic rings. The molecule has 0 radical (unpaired) electrons. The van der Waals surface area contributed by atoms with E-state index >= 15 is 0 Å². The zero-order valence-corrected chi connectivity index (χ0v) is 9.59. The van der Waals surface area contributed by atoms with Gasteiger partial charge in [0.25, 0.3) is 0 Å². The van der Waals surface area contributed by atoms with E-state index in [9.17, 15) is 0 Å². The molecule has 0 atom stereocenters. The summed E-state index contributed by atoms with van der Waals surface area (Å²) in [5, 5.41) is 0. The maximum Gasteiger partial charge on any atom is 0.0160 e. The molecule has 3 nitrogen and oxygen atoms in total. The van der Waals surface area contributed by atoms with Crippen molar-refractivity contribution in [2.75, 3.05) is 0 Å². The van der Waals surface area contributed by atoms with Gasteiger partial charge in [-0.25, -0.2) is 0 Å². The van der Waals surface area contributed by atoms with Crippen molar-refractivity contribution in [3.05, 3.63) is 67.0 Å². The number of aromatic nitrogens is 1. The van der Waals surface area contributed by atoms with Crippen molar-refractivity contribution in [3.8, 4) is 11.3 Å². The van der Waals surface area contributed by atoms with Crippen LogP contribution in [0, 0.1) is 6.07 Å². The van der Waals surface area contributed by atoms with Crippen LogP contribution in [0.1, 0.15) is 0 Å². The molecule has 84 valence electrons. The second kappa shape index (κ2) is 8.28. The normalized spacial score (nSPS) is 7.73. The van der Waals surface area contributed by atoms with Gasteiger partial charge in [0.2, 0.25) is 0 Å². The average molecular weight is 293 g/mol. The molecule has 0 aliphatic carbocycles. The summed E-state index contributed by atoms with van der Waals surface area (Å²) in [5.41, 5.74) is 2.01. The fourth-order valence-corrected chi connectivity index (χ4v) is 1.07. The monoisotopic (exact) mass is 292 g/mol. The topological polar surface area (TPSA) is 79.9 Å². The van der Waals surface area contributed by atoms with E-state index in [4.69, 9.17) is 0 Å². The molecular formula is C11H12N3Pd-3. The van der Waals surface area contributed by atoms with Crippen molar-refractivity contribution >= 4 is 0 Å². The molecule has 1 aromatic carbocycles. The molecule has 0 saturated carbocycles. The fourth-order valence-electron chi connectivity index (χ4n) is 1.07. The van der Waals surface area contributed by atoms with Gasteiger partial charge in [-0.2, -0.15) is 0 Å². The maximum atomic E-state index is 4.22.